The zero-order valence-electron chi connectivity index (χ0n) is 13.7. The zero-order valence-corrected chi connectivity index (χ0v) is 16.6. The summed E-state index contributed by atoms with van der Waals surface area (Å²) in [6, 6.07) is 13.3. The molecule has 0 aliphatic rings. The Labute approximate surface area is 164 Å². The van der Waals surface area contributed by atoms with Gasteiger partial charge < -0.3 is 0 Å². The quantitative estimate of drug-likeness (QED) is 0.261. The highest BCUT2D eigenvalue weighted by Gasteiger charge is 2.07. The first-order valence-electron chi connectivity index (χ1n) is 7.61. The molecule has 1 N–H and O–H groups in total. The normalized spacial score (nSPS) is 11.2. The molecule has 3 aromatic rings. The summed E-state index contributed by atoms with van der Waals surface area (Å²) in [4.78, 5) is 16.6. The number of hydrazone groups is 1. The van der Waals surface area contributed by atoms with E-state index in [1.54, 1.807) is 6.07 Å². The minimum atomic E-state index is -0.269. The molecule has 126 valence electrons. The van der Waals surface area contributed by atoms with Crippen molar-refractivity contribution < 1.29 is 4.79 Å². The summed E-state index contributed by atoms with van der Waals surface area (Å²) in [7, 11) is 0. The summed E-state index contributed by atoms with van der Waals surface area (Å²) >= 11 is 8.43. The highest BCUT2D eigenvalue weighted by atomic mass is 127. The van der Waals surface area contributed by atoms with Gasteiger partial charge in [-0.05, 0) is 65.8 Å². The number of aryl methyl sites for hydroxylation is 2. The van der Waals surface area contributed by atoms with Gasteiger partial charge in [0.25, 0.3) is 5.91 Å². The van der Waals surface area contributed by atoms with E-state index in [0.717, 1.165) is 25.6 Å². The number of nitrogens with zero attached hydrogens (tertiary/aromatic N) is 2. The Morgan fingerprint density at radius 2 is 2.00 bits per heavy atom. The number of rotatable bonds is 3. The smallest absolute Gasteiger partial charge is 0.267 e. The number of benzene rings is 2. The Bertz CT molecular complexity index is 1000. The molecule has 4 nitrogen and oxygen atoms in total. The first-order valence-corrected chi connectivity index (χ1v) is 9.07. The number of amides is 1. The molecule has 25 heavy (non-hydrogen) atoms. The third-order valence-electron chi connectivity index (χ3n) is 3.83. The summed E-state index contributed by atoms with van der Waals surface area (Å²) in [6.45, 7) is 3.99. The van der Waals surface area contributed by atoms with Crippen molar-refractivity contribution in [2.45, 2.75) is 13.8 Å². The SMILES string of the molecule is Cc1ccc(C(=O)N/N=C/c2cc3cccc(C)c3nc2Cl)cc1I. The van der Waals surface area contributed by atoms with Crippen molar-refractivity contribution in [1.82, 2.24) is 10.4 Å². The van der Waals surface area contributed by atoms with Crippen molar-refractivity contribution in [3.63, 3.8) is 0 Å². The minimum Gasteiger partial charge on any atom is -0.267 e. The van der Waals surface area contributed by atoms with Crippen LogP contribution in [-0.4, -0.2) is 17.1 Å². The predicted octanol–water partition coefficient (Wildman–Crippen LogP) is 4.87. The zero-order chi connectivity index (χ0) is 18.0. The summed E-state index contributed by atoms with van der Waals surface area (Å²) < 4.78 is 1.03. The summed E-state index contributed by atoms with van der Waals surface area (Å²) in [5.74, 6) is -0.269. The maximum absolute atomic E-state index is 12.2. The summed E-state index contributed by atoms with van der Waals surface area (Å²) in [6.07, 6.45) is 1.51. The van der Waals surface area contributed by atoms with Crippen LogP contribution < -0.4 is 5.43 Å². The van der Waals surface area contributed by atoms with Crippen LogP contribution in [0.3, 0.4) is 0 Å². The van der Waals surface area contributed by atoms with Crippen molar-refractivity contribution in [2.24, 2.45) is 5.10 Å². The molecule has 0 bridgehead atoms. The Hall–Kier alpha value is -1.99. The van der Waals surface area contributed by atoms with Crippen LogP contribution in [-0.2, 0) is 0 Å². The molecule has 3 rings (SSSR count). The Morgan fingerprint density at radius 3 is 2.76 bits per heavy atom. The molecular formula is C19H15ClIN3O. The van der Waals surface area contributed by atoms with Gasteiger partial charge in [-0.25, -0.2) is 10.4 Å². The number of pyridine rings is 1. The monoisotopic (exact) mass is 463 g/mol. The molecule has 0 spiro atoms. The van der Waals surface area contributed by atoms with E-state index < -0.39 is 0 Å². The second-order valence-corrected chi connectivity index (χ2v) is 7.20. The van der Waals surface area contributed by atoms with E-state index in [2.05, 4.69) is 38.1 Å². The number of para-hydroxylation sites is 1. The average Bonchev–Trinajstić information content (AvgIpc) is 2.58. The average molecular weight is 464 g/mol. The van der Waals surface area contributed by atoms with Crippen LogP contribution in [0.4, 0.5) is 0 Å². The number of hydrogen-bond acceptors (Lipinski definition) is 3. The second-order valence-electron chi connectivity index (χ2n) is 5.68. The van der Waals surface area contributed by atoms with E-state index in [1.807, 2.05) is 50.2 Å². The molecule has 0 radical (unpaired) electrons. The molecule has 2 aromatic carbocycles. The second kappa shape index (κ2) is 7.49. The number of carbonyl (C=O) groups is 1. The van der Waals surface area contributed by atoms with Crippen LogP contribution in [0, 0.1) is 17.4 Å². The van der Waals surface area contributed by atoms with Crippen molar-refractivity contribution >= 4 is 57.2 Å². The molecule has 1 amide bonds. The Morgan fingerprint density at radius 1 is 1.20 bits per heavy atom. The van der Waals surface area contributed by atoms with Gasteiger partial charge in [-0.2, -0.15) is 5.10 Å². The predicted molar refractivity (Wildman–Crippen MR) is 110 cm³/mol. The first-order chi connectivity index (χ1) is 12.0. The highest BCUT2D eigenvalue weighted by molar-refractivity contribution is 14.1. The standard InChI is InChI=1S/C19H15ClIN3O/c1-11-6-7-14(9-16(11)21)19(25)24-22-10-15-8-13-5-3-4-12(2)17(13)23-18(15)20/h3-10H,1-2H3,(H,24,25)/b22-10+. The number of carbonyl (C=O) groups excluding carboxylic acids is 1. The molecule has 1 aromatic heterocycles. The van der Waals surface area contributed by atoms with Gasteiger partial charge in [-0.15, -0.1) is 0 Å². The fourth-order valence-corrected chi connectivity index (χ4v) is 3.09. The van der Waals surface area contributed by atoms with Crippen LogP contribution in [0.5, 0.6) is 0 Å². The Kier molecular flexibility index (Phi) is 5.34. The third-order valence-corrected chi connectivity index (χ3v) is 5.30. The van der Waals surface area contributed by atoms with Crippen molar-refractivity contribution in [3.8, 4) is 0 Å². The van der Waals surface area contributed by atoms with Crippen LogP contribution >= 0.6 is 34.2 Å². The fraction of sp³-hybridized carbons (Fsp3) is 0.105. The fourth-order valence-electron chi connectivity index (χ4n) is 2.39. The molecular weight excluding hydrogens is 449 g/mol. The lowest BCUT2D eigenvalue weighted by atomic mass is 10.1. The lowest BCUT2D eigenvalue weighted by molar-refractivity contribution is 0.0955. The van der Waals surface area contributed by atoms with E-state index in [-0.39, 0.29) is 5.91 Å². The van der Waals surface area contributed by atoms with Crippen LogP contribution in [0.1, 0.15) is 27.0 Å². The van der Waals surface area contributed by atoms with Crippen molar-refractivity contribution in [1.29, 1.82) is 0 Å². The van der Waals surface area contributed by atoms with E-state index in [1.165, 1.54) is 6.21 Å². The Balaban J connectivity index is 1.80. The van der Waals surface area contributed by atoms with E-state index in [9.17, 15) is 4.79 Å². The summed E-state index contributed by atoms with van der Waals surface area (Å²) in [5.41, 5.74) is 6.79. The van der Waals surface area contributed by atoms with Gasteiger partial charge in [0.05, 0.1) is 11.7 Å². The third kappa shape index (κ3) is 3.99. The number of halogens is 2. The molecule has 1 heterocycles. The first kappa shape index (κ1) is 17.8. The molecule has 0 atom stereocenters. The molecule has 0 fully saturated rings. The van der Waals surface area contributed by atoms with Gasteiger partial charge in [-0.3, -0.25) is 4.79 Å². The maximum atomic E-state index is 12.2. The van der Waals surface area contributed by atoms with Gasteiger partial charge in [0, 0.05) is 20.1 Å². The van der Waals surface area contributed by atoms with E-state index in [4.69, 9.17) is 11.6 Å². The van der Waals surface area contributed by atoms with E-state index >= 15 is 0 Å². The topological polar surface area (TPSA) is 54.4 Å². The molecule has 0 aliphatic carbocycles. The lowest BCUT2D eigenvalue weighted by Gasteiger charge is -2.05. The lowest BCUT2D eigenvalue weighted by Crippen LogP contribution is -2.17. The number of aromatic nitrogens is 1. The molecule has 0 saturated carbocycles. The molecule has 0 saturated heterocycles. The minimum absolute atomic E-state index is 0.269. The molecule has 0 aliphatic heterocycles. The number of nitrogens with one attached hydrogen (secondary N) is 1. The van der Waals surface area contributed by atoms with Gasteiger partial charge in [0.15, 0.2) is 0 Å². The van der Waals surface area contributed by atoms with Gasteiger partial charge in [0.2, 0.25) is 0 Å². The number of fused-ring (bicyclic) bond motifs is 1. The van der Waals surface area contributed by atoms with Crippen molar-refractivity contribution in [2.75, 3.05) is 0 Å². The van der Waals surface area contributed by atoms with Gasteiger partial charge in [-0.1, -0.05) is 35.9 Å². The van der Waals surface area contributed by atoms with Crippen LogP contribution in [0.2, 0.25) is 5.15 Å². The van der Waals surface area contributed by atoms with Crippen LogP contribution in [0.15, 0.2) is 47.6 Å². The maximum Gasteiger partial charge on any atom is 0.271 e. The highest BCUT2D eigenvalue weighted by Crippen LogP contribution is 2.21. The molecule has 0 unspecified atom stereocenters. The molecule has 6 heteroatoms. The summed E-state index contributed by atoms with van der Waals surface area (Å²) in [5, 5.41) is 5.34. The van der Waals surface area contributed by atoms with Gasteiger partial charge >= 0.3 is 0 Å². The van der Waals surface area contributed by atoms with E-state index in [0.29, 0.717) is 16.3 Å². The van der Waals surface area contributed by atoms with Crippen LogP contribution in [0.25, 0.3) is 10.9 Å². The van der Waals surface area contributed by atoms with Gasteiger partial charge in [0.1, 0.15) is 5.15 Å². The largest absolute Gasteiger partial charge is 0.271 e. The van der Waals surface area contributed by atoms with Crippen molar-refractivity contribution in [3.05, 3.63) is 73.4 Å². The number of hydrogen-bond donors (Lipinski definition) is 1.